The second kappa shape index (κ2) is 10.5. The van der Waals surface area contributed by atoms with Gasteiger partial charge in [-0.3, -0.25) is 9.80 Å². The number of nitrogens with zero attached hydrogens (tertiary/aromatic N) is 2. The number of aliphatic hydroxyl groups is 1. The number of aromatic amines is 1. The van der Waals surface area contributed by atoms with Crippen molar-refractivity contribution < 1.29 is 9.84 Å². The summed E-state index contributed by atoms with van der Waals surface area (Å²) in [4.78, 5) is 8.61. The third-order valence-electron chi connectivity index (χ3n) is 8.47. The van der Waals surface area contributed by atoms with E-state index in [2.05, 4.69) is 93.7 Å². The molecule has 0 unspecified atom stereocenters. The van der Waals surface area contributed by atoms with Gasteiger partial charge in [-0.1, -0.05) is 72.8 Å². The van der Waals surface area contributed by atoms with E-state index in [1.165, 1.54) is 16.3 Å². The van der Waals surface area contributed by atoms with Gasteiger partial charge in [0.1, 0.15) is 18.5 Å². The van der Waals surface area contributed by atoms with Crippen LogP contribution in [0.1, 0.15) is 18.4 Å². The van der Waals surface area contributed by atoms with Gasteiger partial charge in [0.05, 0.1) is 5.52 Å². The molecule has 0 spiro atoms. The summed E-state index contributed by atoms with van der Waals surface area (Å²) in [6.07, 6.45) is 6.19. The fourth-order valence-electron chi connectivity index (χ4n) is 6.51. The largest absolute Gasteiger partial charge is 0.490 e. The average molecular weight is 518 g/mol. The van der Waals surface area contributed by atoms with Crippen LogP contribution >= 0.6 is 0 Å². The van der Waals surface area contributed by atoms with Gasteiger partial charge in [0.25, 0.3) is 0 Å². The van der Waals surface area contributed by atoms with Crippen LogP contribution in [-0.2, 0) is 6.54 Å². The minimum absolute atomic E-state index is 0.281. The number of H-pyrrole nitrogens is 1. The van der Waals surface area contributed by atoms with Crippen molar-refractivity contribution in [3.63, 3.8) is 0 Å². The zero-order chi connectivity index (χ0) is 26.2. The number of hydrogen-bond acceptors (Lipinski definition) is 4. The molecule has 1 aromatic heterocycles. The average Bonchev–Trinajstić information content (AvgIpc) is 3.33. The van der Waals surface area contributed by atoms with E-state index in [0.29, 0.717) is 18.6 Å². The summed E-state index contributed by atoms with van der Waals surface area (Å²) in [5.74, 6) is 0.822. The molecule has 4 heterocycles. The third-order valence-corrected chi connectivity index (χ3v) is 8.47. The smallest absolute Gasteiger partial charge is 0.129 e. The Labute approximate surface area is 229 Å². The van der Waals surface area contributed by atoms with Crippen LogP contribution in [0.15, 0.2) is 97.1 Å². The van der Waals surface area contributed by atoms with Crippen LogP contribution in [0.4, 0.5) is 0 Å². The van der Waals surface area contributed by atoms with E-state index < -0.39 is 6.10 Å². The number of para-hydroxylation sites is 1. The van der Waals surface area contributed by atoms with Crippen molar-refractivity contribution >= 4 is 32.6 Å². The maximum Gasteiger partial charge on any atom is 0.129 e. The molecule has 0 radical (unpaired) electrons. The van der Waals surface area contributed by atoms with Crippen LogP contribution in [0.25, 0.3) is 32.6 Å². The van der Waals surface area contributed by atoms with Crippen LogP contribution in [0.3, 0.4) is 0 Å². The maximum absolute atomic E-state index is 11.1. The van der Waals surface area contributed by atoms with Gasteiger partial charge in [-0.25, -0.2) is 0 Å². The first-order valence-electron chi connectivity index (χ1n) is 14.1. The van der Waals surface area contributed by atoms with E-state index >= 15 is 0 Å². The minimum Gasteiger partial charge on any atom is -0.490 e. The molecule has 0 aliphatic carbocycles. The summed E-state index contributed by atoms with van der Waals surface area (Å²) in [6, 6.07) is 30.7. The van der Waals surface area contributed by atoms with Gasteiger partial charge in [-0.2, -0.15) is 0 Å². The van der Waals surface area contributed by atoms with E-state index in [9.17, 15) is 5.11 Å². The Morgan fingerprint density at radius 3 is 2.44 bits per heavy atom. The molecule has 4 aromatic carbocycles. The Bertz CT molecular complexity index is 1640. The molecule has 39 heavy (non-hydrogen) atoms. The van der Waals surface area contributed by atoms with Gasteiger partial charge in [-0.05, 0) is 53.4 Å². The summed E-state index contributed by atoms with van der Waals surface area (Å²) in [7, 11) is 0. The summed E-state index contributed by atoms with van der Waals surface area (Å²) in [5, 5.41) is 15.9. The van der Waals surface area contributed by atoms with Gasteiger partial charge in [0.2, 0.25) is 0 Å². The molecule has 1 fully saturated rings. The van der Waals surface area contributed by atoms with E-state index in [1.54, 1.807) is 0 Å². The molecule has 198 valence electrons. The molecule has 0 saturated carbocycles. The van der Waals surface area contributed by atoms with Gasteiger partial charge in [0, 0.05) is 54.6 Å². The van der Waals surface area contributed by atoms with E-state index in [1.807, 2.05) is 18.2 Å². The summed E-state index contributed by atoms with van der Waals surface area (Å²) >= 11 is 0. The van der Waals surface area contributed by atoms with Crippen molar-refractivity contribution in [2.24, 2.45) is 0 Å². The lowest BCUT2D eigenvalue weighted by atomic mass is 9.96. The molecular weight excluding hydrogens is 482 g/mol. The van der Waals surface area contributed by atoms with Gasteiger partial charge in [0.15, 0.2) is 0 Å². The molecule has 5 aromatic rings. The molecule has 3 aliphatic heterocycles. The van der Waals surface area contributed by atoms with Gasteiger partial charge in [-0.15, -0.1) is 0 Å². The van der Waals surface area contributed by atoms with Crippen molar-refractivity contribution in [3.8, 4) is 5.75 Å². The Balaban J connectivity index is 1.02. The van der Waals surface area contributed by atoms with Crippen molar-refractivity contribution in [2.45, 2.75) is 37.6 Å². The summed E-state index contributed by atoms with van der Waals surface area (Å²) in [6.45, 7) is 3.86. The standard InChI is InChI=1S/C34H35N3O2/c38-29(23-39-33-15-7-14-32-34(33)30-12-5-6-13-31(30)35-32)22-37-21-27-10-3-4-11-28(37)20-36(27)19-24-16-17-25-8-1-2-9-26(25)18-24/h1-9,12-18,27-29,35,38H,10-11,19-23H2/b4-3-/t27-,28-,29-/m0/s1. The number of aromatic nitrogens is 1. The molecular formula is C34H35N3O2. The molecule has 5 nitrogen and oxygen atoms in total. The quantitative estimate of drug-likeness (QED) is 0.256. The second-order valence-corrected chi connectivity index (χ2v) is 11.1. The van der Waals surface area contributed by atoms with E-state index in [4.69, 9.17) is 4.74 Å². The number of fused-ring (bicyclic) bond motifs is 8. The lowest BCUT2D eigenvalue weighted by Crippen LogP contribution is -2.59. The number of benzene rings is 4. The first-order valence-corrected chi connectivity index (χ1v) is 14.1. The molecule has 5 heteroatoms. The molecule has 2 bridgehead atoms. The summed E-state index contributed by atoms with van der Waals surface area (Å²) in [5.41, 5.74) is 3.53. The number of piperazine rings is 1. The van der Waals surface area contributed by atoms with Crippen molar-refractivity contribution in [1.82, 2.24) is 14.8 Å². The van der Waals surface area contributed by atoms with Gasteiger partial charge >= 0.3 is 0 Å². The van der Waals surface area contributed by atoms with E-state index in [0.717, 1.165) is 60.0 Å². The van der Waals surface area contributed by atoms with Gasteiger partial charge < -0.3 is 14.8 Å². The highest BCUT2D eigenvalue weighted by molar-refractivity contribution is 6.10. The predicted octanol–water partition coefficient (Wildman–Crippen LogP) is 6.12. The summed E-state index contributed by atoms with van der Waals surface area (Å²) < 4.78 is 6.24. The predicted molar refractivity (Wildman–Crippen MR) is 159 cm³/mol. The highest BCUT2D eigenvalue weighted by Gasteiger charge is 2.34. The Morgan fingerprint density at radius 1 is 0.795 bits per heavy atom. The highest BCUT2D eigenvalue weighted by atomic mass is 16.5. The van der Waals surface area contributed by atoms with Crippen LogP contribution in [-0.4, -0.2) is 64.3 Å². The van der Waals surface area contributed by atoms with Crippen LogP contribution in [0, 0.1) is 0 Å². The number of rotatable bonds is 7. The van der Waals surface area contributed by atoms with Crippen molar-refractivity contribution in [1.29, 1.82) is 0 Å². The SMILES string of the molecule is O[C@H](COc1cccc2[nH]c3ccccc3c12)CN1C[C@@H]2C/C=C\C[C@H]1CN2Cc1ccc2ccccc2c1. The van der Waals surface area contributed by atoms with E-state index in [-0.39, 0.29) is 6.61 Å². The van der Waals surface area contributed by atoms with Crippen LogP contribution in [0.2, 0.25) is 0 Å². The Hall–Kier alpha value is -3.64. The van der Waals surface area contributed by atoms with Crippen LogP contribution in [0.5, 0.6) is 5.75 Å². The number of nitrogens with one attached hydrogen (secondary N) is 1. The number of hydrogen-bond donors (Lipinski definition) is 2. The first kappa shape index (κ1) is 24.4. The fraction of sp³-hybridized carbons (Fsp3) is 0.294. The third kappa shape index (κ3) is 4.94. The Kier molecular flexibility index (Phi) is 6.57. The zero-order valence-corrected chi connectivity index (χ0v) is 22.2. The van der Waals surface area contributed by atoms with Crippen molar-refractivity contribution in [2.75, 3.05) is 26.2 Å². The fourth-order valence-corrected chi connectivity index (χ4v) is 6.51. The topological polar surface area (TPSA) is 51.7 Å². The lowest BCUT2D eigenvalue weighted by molar-refractivity contribution is -0.0124. The molecule has 8 rings (SSSR count). The minimum atomic E-state index is -0.552. The zero-order valence-electron chi connectivity index (χ0n) is 22.2. The number of aliphatic hydroxyl groups excluding tert-OH is 1. The Morgan fingerprint density at radius 2 is 1.54 bits per heavy atom. The monoisotopic (exact) mass is 517 g/mol. The molecule has 3 atom stereocenters. The normalized spacial score (nSPS) is 21.8. The second-order valence-electron chi connectivity index (χ2n) is 11.1. The molecule has 2 N–H and O–H groups in total. The molecule has 0 amide bonds. The molecule has 3 aliphatic rings. The highest BCUT2D eigenvalue weighted by Crippen LogP contribution is 2.33. The number of ether oxygens (including phenoxy) is 1. The van der Waals surface area contributed by atoms with Crippen molar-refractivity contribution in [3.05, 3.63) is 103 Å². The maximum atomic E-state index is 11.1. The van der Waals surface area contributed by atoms with Crippen LogP contribution < -0.4 is 4.74 Å². The first-order chi connectivity index (χ1) is 19.2. The molecule has 1 saturated heterocycles. The lowest BCUT2D eigenvalue weighted by Gasteiger charge is -2.47.